The second-order valence-electron chi connectivity index (χ2n) is 4.27. The summed E-state index contributed by atoms with van der Waals surface area (Å²) in [6.07, 6.45) is 3.74. The number of benzene rings is 1. The first-order chi connectivity index (χ1) is 9.62. The van der Waals surface area contributed by atoms with Crippen LogP contribution in [0.3, 0.4) is 0 Å². The number of nitrogens with zero attached hydrogens (tertiary/aromatic N) is 1. The van der Waals surface area contributed by atoms with Gasteiger partial charge >= 0.3 is 0 Å². The smallest absolute Gasteiger partial charge is 0.254 e. The van der Waals surface area contributed by atoms with Gasteiger partial charge in [0, 0.05) is 30.8 Å². The van der Waals surface area contributed by atoms with Crippen LogP contribution in [0, 0.1) is 0 Å². The van der Waals surface area contributed by atoms with Gasteiger partial charge in [-0.2, -0.15) is 0 Å². The van der Waals surface area contributed by atoms with Crippen molar-refractivity contribution in [1.29, 1.82) is 0 Å². The molecule has 0 saturated heterocycles. The molecular weight excluding hydrogens is 252 g/mol. The van der Waals surface area contributed by atoms with Crippen molar-refractivity contribution in [2.24, 2.45) is 0 Å². The minimum Gasteiger partial charge on any atom is -0.331 e. The fourth-order valence-electron chi connectivity index (χ4n) is 1.71. The van der Waals surface area contributed by atoms with Gasteiger partial charge < -0.3 is 10.2 Å². The summed E-state index contributed by atoms with van der Waals surface area (Å²) in [5, 5.41) is 2.74. The van der Waals surface area contributed by atoms with E-state index in [0.717, 1.165) is 0 Å². The molecule has 0 aliphatic rings. The standard InChI is InChI=1S/C16H20N2O2/c1-4-10-18(11-5-2)16(20)13-8-7-9-14(12-13)17-15(19)6-3/h4-5,7-9,12H,1-2,6,10-11H2,3H3,(H,17,19). The van der Waals surface area contributed by atoms with E-state index in [2.05, 4.69) is 18.5 Å². The fourth-order valence-corrected chi connectivity index (χ4v) is 1.71. The van der Waals surface area contributed by atoms with Crippen LogP contribution in [0.2, 0.25) is 0 Å². The van der Waals surface area contributed by atoms with Crippen molar-refractivity contribution in [2.75, 3.05) is 18.4 Å². The number of amides is 2. The molecule has 0 aromatic heterocycles. The zero-order valence-electron chi connectivity index (χ0n) is 11.8. The number of carbonyl (C=O) groups excluding carboxylic acids is 2. The highest BCUT2D eigenvalue weighted by molar-refractivity contribution is 5.97. The maximum Gasteiger partial charge on any atom is 0.254 e. The van der Waals surface area contributed by atoms with Crippen LogP contribution >= 0.6 is 0 Å². The predicted octanol–water partition coefficient (Wildman–Crippen LogP) is 2.85. The van der Waals surface area contributed by atoms with E-state index in [4.69, 9.17) is 0 Å². The molecule has 106 valence electrons. The molecule has 4 nitrogen and oxygen atoms in total. The summed E-state index contributed by atoms with van der Waals surface area (Å²) < 4.78 is 0. The molecule has 0 heterocycles. The minimum atomic E-state index is -0.114. The number of anilines is 1. The third kappa shape index (κ3) is 4.39. The Kier molecular flexibility index (Phi) is 6.23. The highest BCUT2D eigenvalue weighted by atomic mass is 16.2. The van der Waals surface area contributed by atoms with Crippen molar-refractivity contribution in [2.45, 2.75) is 13.3 Å². The lowest BCUT2D eigenvalue weighted by Crippen LogP contribution is -2.31. The number of hydrogen-bond acceptors (Lipinski definition) is 2. The van der Waals surface area contributed by atoms with Crippen molar-refractivity contribution in [3.05, 3.63) is 55.1 Å². The van der Waals surface area contributed by atoms with Gasteiger partial charge in [0.05, 0.1) is 0 Å². The molecule has 0 radical (unpaired) electrons. The zero-order valence-corrected chi connectivity index (χ0v) is 11.8. The molecule has 1 aromatic carbocycles. The summed E-state index contributed by atoms with van der Waals surface area (Å²) in [4.78, 5) is 25.3. The molecule has 1 rings (SSSR count). The van der Waals surface area contributed by atoms with Crippen molar-refractivity contribution < 1.29 is 9.59 Å². The third-order valence-electron chi connectivity index (χ3n) is 2.70. The molecule has 0 unspecified atom stereocenters. The van der Waals surface area contributed by atoms with E-state index in [9.17, 15) is 9.59 Å². The number of carbonyl (C=O) groups is 2. The molecule has 1 aromatic rings. The average Bonchev–Trinajstić information content (AvgIpc) is 2.46. The second-order valence-corrected chi connectivity index (χ2v) is 4.27. The van der Waals surface area contributed by atoms with Gasteiger partial charge in [-0.05, 0) is 18.2 Å². The number of rotatable bonds is 7. The monoisotopic (exact) mass is 272 g/mol. The first-order valence-electron chi connectivity index (χ1n) is 6.53. The molecule has 0 spiro atoms. The van der Waals surface area contributed by atoms with Gasteiger partial charge in [0.15, 0.2) is 0 Å². The van der Waals surface area contributed by atoms with Gasteiger partial charge in [0.25, 0.3) is 5.91 Å². The normalized spacial score (nSPS) is 9.65. The van der Waals surface area contributed by atoms with E-state index >= 15 is 0 Å². The van der Waals surface area contributed by atoms with Crippen LogP contribution in [0.15, 0.2) is 49.6 Å². The van der Waals surface area contributed by atoms with Gasteiger partial charge in [0.1, 0.15) is 0 Å². The molecule has 0 aliphatic heterocycles. The van der Waals surface area contributed by atoms with Crippen LogP contribution in [0.4, 0.5) is 5.69 Å². The summed E-state index contributed by atoms with van der Waals surface area (Å²) in [5.74, 6) is -0.193. The Hall–Kier alpha value is -2.36. The zero-order chi connectivity index (χ0) is 15.0. The summed E-state index contributed by atoms with van der Waals surface area (Å²) in [7, 11) is 0. The lowest BCUT2D eigenvalue weighted by atomic mass is 10.1. The Morgan fingerprint density at radius 2 is 1.90 bits per heavy atom. The van der Waals surface area contributed by atoms with E-state index in [1.54, 1.807) is 48.2 Å². The van der Waals surface area contributed by atoms with E-state index in [1.165, 1.54) is 0 Å². The molecule has 0 atom stereocenters. The Labute approximate surface area is 119 Å². The average molecular weight is 272 g/mol. The van der Waals surface area contributed by atoms with Crippen molar-refractivity contribution in [3.63, 3.8) is 0 Å². The van der Waals surface area contributed by atoms with E-state index in [0.29, 0.717) is 30.8 Å². The maximum absolute atomic E-state index is 12.3. The van der Waals surface area contributed by atoms with Crippen molar-refractivity contribution in [3.8, 4) is 0 Å². The Morgan fingerprint density at radius 3 is 2.45 bits per heavy atom. The quantitative estimate of drug-likeness (QED) is 0.776. The molecular formula is C16H20N2O2. The molecule has 0 saturated carbocycles. The topological polar surface area (TPSA) is 49.4 Å². The van der Waals surface area contributed by atoms with Gasteiger partial charge in [0.2, 0.25) is 5.91 Å². The molecule has 2 amide bonds. The molecule has 20 heavy (non-hydrogen) atoms. The van der Waals surface area contributed by atoms with Gasteiger partial charge in [-0.15, -0.1) is 13.2 Å². The third-order valence-corrected chi connectivity index (χ3v) is 2.70. The molecule has 0 bridgehead atoms. The predicted molar refractivity (Wildman–Crippen MR) is 81.7 cm³/mol. The Balaban J connectivity index is 2.91. The Bertz CT molecular complexity index is 499. The Morgan fingerprint density at radius 1 is 1.25 bits per heavy atom. The van der Waals surface area contributed by atoms with E-state index < -0.39 is 0 Å². The van der Waals surface area contributed by atoms with Crippen LogP contribution in [0.5, 0.6) is 0 Å². The van der Waals surface area contributed by atoms with E-state index in [1.807, 2.05) is 0 Å². The van der Waals surface area contributed by atoms with Crippen LogP contribution in [0.25, 0.3) is 0 Å². The largest absolute Gasteiger partial charge is 0.331 e. The first kappa shape index (κ1) is 15.7. The summed E-state index contributed by atoms with van der Waals surface area (Å²) in [6.45, 7) is 9.97. The fraction of sp³-hybridized carbons (Fsp3) is 0.250. The molecule has 1 N–H and O–H groups in total. The summed E-state index contributed by atoms with van der Waals surface area (Å²) in [5.41, 5.74) is 1.16. The minimum absolute atomic E-state index is 0.0800. The summed E-state index contributed by atoms with van der Waals surface area (Å²) >= 11 is 0. The first-order valence-corrected chi connectivity index (χ1v) is 6.53. The molecule has 0 fully saturated rings. The van der Waals surface area contributed by atoms with Gasteiger partial charge in [-0.25, -0.2) is 0 Å². The van der Waals surface area contributed by atoms with Crippen LogP contribution in [0.1, 0.15) is 23.7 Å². The number of nitrogens with one attached hydrogen (secondary N) is 1. The van der Waals surface area contributed by atoms with Gasteiger partial charge in [-0.3, -0.25) is 9.59 Å². The summed E-state index contributed by atoms with van der Waals surface area (Å²) in [6, 6.07) is 6.91. The maximum atomic E-state index is 12.3. The SMILES string of the molecule is C=CCN(CC=C)C(=O)c1cccc(NC(=O)CC)c1. The van der Waals surface area contributed by atoms with Gasteiger partial charge in [-0.1, -0.05) is 25.1 Å². The van der Waals surface area contributed by atoms with Crippen LogP contribution < -0.4 is 5.32 Å². The highest BCUT2D eigenvalue weighted by Gasteiger charge is 2.13. The lowest BCUT2D eigenvalue weighted by molar-refractivity contribution is -0.115. The lowest BCUT2D eigenvalue weighted by Gasteiger charge is -2.19. The number of hydrogen-bond donors (Lipinski definition) is 1. The van der Waals surface area contributed by atoms with Crippen LogP contribution in [-0.4, -0.2) is 29.8 Å². The van der Waals surface area contributed by atoms with E-state index in [-0.39, 0.29) is 11.8 Å². The van der Waals surface area contributed by atoms with Crippen molar-refractivity contribution >= 4 is 17.5 Å². The highest BCUT2D eigenvalue weighted by Crippen LogP contribution is 2.13. The van der Waals surface area contributed by atoms with Crippen molar-refractivity contribution in [1.82, 2.24) is 4.90 Å². The van der Waals surface area contributed by atoms with Crippen LogP contribution in [-0.2, 0) is 4.79 Å². The molecule has 4 heteroatoms. The molecule has 0 aliphatic carbocycles. The second kappa shape index (κ2) is 7.94.